The van der Waals surface area contributed by atoms with Gasteiger partial charge in [0.05, 0.1) is 17.4 Å². The van der Waals surface area contributed by atoms with Gasteiger partial charge in [-0.3, -0.25) is 4.68 Å². The van der Waals surface area contributed by atoms with E-state index in [1.807, 2.05) is 12.1 Å². The van der Waals surface area contributed by atoms with Gasteiger partial charge in [0.15, 0.2) is 0 Å². The average molecular weight is 299 g/mol. The Morgan fingerprint density at radius 2 is 1.91 bits per heavy atom. The first-order valence-corrected chi connectivity index (χ1v) is 8.33. The van der Waals surface area contributed by atoms with E-state index in [2.05, 4.69) is 22.1 Å². The quantitative estimate of drug-likeness (QED) is 0.941. The van der Waals surface area contributed by atoms with Crippen LogP contribution in [0.4, 0.5) is 4.39 Å². The SMILES string of the molecule is FCc1ccc(-c2c3c(nn2C2CCC2)CCNCC3)cc1. The lowest BCUT2D eigenvalue weighted by Gasteiger charge is -2.28. The van der Waals surface area contributed by atoms with Crippen molar-refractivity contribution < 1.29 is 4.39 Å². The number of rotatable bonds is 3. The molecule has 0 unspecified atom stereocenters. The fraction of sp³-hybridized carbons (Fsp3) is 0.500. The third kappa shape index (κ3) is 2.35. The molecule has 0 saturated heterocycles. The maximum absolute atomic E-state index is 12.8. The number of nitrogens with zero attached hydrogens (tertiary/aromatic N) is 2. The molecular weight excluding hydrogens is 277 g/mol. The van der Waals surface area contributed by atoms with Crippen molar-refractivity contribution >= 4 is 0 Å². The van der Waals surface area contributed by atoms with Gasteiger partial charge in [-0.05, 0) is 37.8 Å². The van der Waals surface area contributed by atoms with Crippen molar-refractivity contribution in [3.05, 3.63) is 41.1 Å². The highest BCUT2D eigenvalue weighted by atomic mass is 19.1. The van der Waals surface area contributed by atoms with E-state index in [1.165, 1.54) is 41.8 Å². The van der Waals surface area contributed by atoms with Crippen LogP contribution in [0.15, 0.2) is 24.3 Å². The van der Waals surface area contributed by atoms with Crippen LogP contribution in [0, 0.1) is 0 Å². The van der Waals surface area contributed by atoms with Crippen LogP contribution in [-0.2, 0) is 19.5 Å². The molecule has 3 nitrogen and oxygen atoms in total. The normalized spacial score (nSPS) is 18.6. The van der Waals surface area contributed by atoms with E-state index in [0.29, 0.717) is 6.04 Å². The topological polar surface area (TPSA) is 29.9 Å². The molecule has 2 heterocycles. The van der Waals surface area contributed by atoms with Gasteiger partial charge in [-0.1, -0.05) is 24.3 Å². The van der Waals surface area contributed by atoms with Gasteiger partial charge in [0.2, 0.25) is 0 Å². The maximum Gasteiger partial charge on any atom is 0.115 e. The number of nitrogens with one attached hydrogen (secondary N) is 1. The van der Waals surface area contributed by atoms with Crippen LogP contribution in [0.1, 0.15) is 42.1 Å². The minimum atomic E-state index is -0.399. The summed E-state index contributed by atoms with van der Waals surface area (Å²) in [7, 11) is 0. The molecule has 1 aliphatic heterocycles. The molecule has 0 radical (unpaired) electrons. The van der Waals surface area contributed by atoms with E-state index in [-0.39, 0.29) is 0 Å². The second-order valence-electron chi connectivity index (χ2n) is 6.38. The van der Waals surface area contributed by atoms with Gasteiger partial charge in [-0.15, -0.1) is 0 Å². The number of hydrogen-bond donors (Lipinski definition) is 1. The van der Waals surface area contributed by atoms with Crippen LogP contribution < -0.4 is 5.32 Å². The smallest absolute Gasteiger partial charge is 0.115 e. The van der Waals surface area contributed by atoms with Crippen LogP contribution >= 0.6 is 0 Å². The molecule has 1 saturated carbocycles. The van der Waals surface area contributed by atoms with Crippen molar-refractivity contribution in [2.45, 2.75) is 44.8 Å². The second-order valence-corrected chi connectivity index (χ2v) is 6.38. The lowest BCUT2D eigenvalue weighted by atomic mass is 9.92. The molecule has 1 aromatic heterocycles. The van der Waals surface area contributed by atoms with E-state index in [0.717, 1.165) is 31.5 Å². The Morgan fingerprint density at radius 1 is 1.14 bits per heavy atom. The molecule has 0 spiro atoms. The van der Waals surface area contributed by atoms with Gasteiger partial charge in [0.1, 0.15) is 6.67 Å². The zero-order chi connectivity index (χ0) is 14.9. The van der Waals surface area contributed by atoms with Crippen molar-refractivity contribution in [2.24, 2.45) is 0 Å². The van der Waals surface area contributed by atoms with Crippen LogP contribution in [0.2, 0.25) is 0 Å². The predicted octanol–water partition coefficient (Wildman–Crippen LogP) is 3.43. The number of benzene rings is 1. The van der Waals surface area contributed by atoms with Crippen LogP contribution in [0.5, 0.6) is 0 Å². The van der Waals surface area contributed by atoms with E-state index >= 15 is 0 Å². The van der Waals surface area contributed by atoms with Gasteiger partial charge in [0, 0.05) is 24.1 Å². The van der Waals surface area contributed by atoms with Gasteiger partial charge in [-0.25, -0.2) is 4.39 Å². The van der Waals surface area contributed by atoms with Gasteiger partial charge in [0.25, 0.3) is 0 Å². The lowest BCUT2D eigenvalue weighted by molar-refractivity contribution is 0.290. The summed E-state index contributed by atoms with van der Waals surface area (Å²) in [5, 5.41) is 8.41. The molecule has 4 rings (SSSR count). The summed E-state index contributed by atoms with van der Waals surface area (Å²) >= 11 is 0. The molecule has 1 N–H and O–H groups in total. The van der Waals surface area contributed by atoms with Crippen LogP contribution in [-0.4, -0.2) is 22.9 Å². The van der Waals surface area contributed by atoms with Crippen molar-refractivity contribution in [1.29, 1.82) is 0 Å². The van der Waals surface area contributed by atoms with Gasteiger partial charge >= 0.3 is 0 Å². The van der Waals surface area contributed by atoms with Gasteiger partial charge < -0.3 is 5.32 Å². The molecule has 0 amide bonds. The first kappa shape index (κ1) is 13.9. The number of hydrogen-bond acceptors (Lipinski definition) is 2. The van der Waals surface area contributed by atoms with Crippen molar-refractivity contribution in [3.8, 4) is 11.3 Å². The summed E-state index contributed by atoms with van der Waals surface area (Å²) in [5.74, 6) is 0. The Bertz CT molecular complexity index is 656. The first-order chi connectivity index (χ1) is 10.9. The highest BCUT2D eigenvalue weighted by Gasteiger charge is 2.28. The summed E-state index contributed by atoms with van der Waals surface area (Å²) in [6.07, 6.45) is 5.80. The second kappa shape index (κ2) is 5.84. The molecule has 2 aliphatic rings. The average Bonchev–Trinajstić information content (AvgIpc) is 2.68. The first-order valence-electron chi connectivity index (χ1n) is 8.33. The number of halogens is 1. The zero-order valence-corrected chi connectivity index (χ0v) is 12.8. The van der Waals surface area contributed by atoms with Gasteiger partial charge in [-0.2, -0.15) is 5.10 Å². The summed E-state index contributed by atoms with van der Waals surface area (Å²) in [5.41, 5.74) is 5.84. The van der Waals surface area contributed by atoms with E-state index in [4.69, 9.17) is 5.10 Å². The molecule has 0 atom stereocenters. The van der Waals surface area contributed by atoms with E-state index in [1.54, 1.807) is 0 Å². The summed E-state index contributed by atoms with van der Waals surface area (Å²) in [4.78, 5) is 0. The summed E-state index contributed by atoms with van der Waals surface area (Å²) in [6.45, 7) is 1.62. The zero-order valence-electron chi connectivity index (χ0n) is 12.8. The predicted molar refractivity (Wildman–Crippen MR) is 85.6 cm³/mol. The number of aromatic nitrogens is 2. The minimum absolute atomic E-state index is 0.399. The Hall–Kier alpha value is -1.68. The lowest BCUT2D eigenvalue weighted by Crippen LogP contribution is -2.21. The fourth-order valence-corrected chi connectivity index (χ4v) is 3.48. The Labute approximate surface area is 130 Å². The molecule has 22 heavy (non-hydrogen) atoms. The molecule has 1 aliphatic carbocycles. The molecular formula is C18H22FN3. The number of alkyl halides is 1. The van der Waals surface area contributed by atoms with Crippen LogP contribution in [0.25, 0.3) is 11.3 Å². The number of fused-ring (bicyclic) bond motifs is 1. The van der Waals surface area contributed by atoms with E-state index in [9.17, 15) is 4.39 Å². The Kier molecular flexibility index (Phi) is 3.70. The van der Waals surface area contributed by atoms with Crippen molar-refractivity contribution in [2.75, 3.05) is 13.1 Å². The van der Waals surface area contributed by atoms with Crippen molar-refractivity contribution in [1.82, 2.24) is 15.1 Å². The van der Waals surface area contributed by atoms with Crippen LogP contribution in [0.3, 0.4) is 0 Å². The molecule has 116 valence electrons. The third-order valence-electron chi connectivity index (χ3n) is 4.98. The molecule has 2 aromatic rings. The molecule has 0 bridgehead atoms. The highest BCUT2D eigenvalue weighted by molar-refractivity contribution is 5.65. The maximum atomic E-state index is 12.8. The molecule has 1 fully saturated rings. The Morgan fingerprint density at radius 3 is 2.59 bits per heavy atom. The highest BCUT2D eigenvalue weighted by Crippen LogP contribution is 2.38. The monoisotopic (exact) mass is 299 g/mol. The fourth-order valence-electron chi connectivity index (χ4n) is 3.48. The molecule has 1 aromatic carbocycles. The minimum Gasteiger partial charge on any atom is -0.316 e. The third-order valence-corrected chi connectivity index (χ3v) is 4.98. The Balaban J connectivity index is 1.81. The van der Waals surface area contributed by atoms with E-state index < -0.39 is 6.67 Å². The summed E-state index contributed by atoms with van der Waals surface area (Å²) in [6, 6.07) is 8.46. The summed E-state index contributed by atoms with van der Waals surface area (Å²) < 4.78 is 15.0. The molecule has 4 heteroatoms. The standard InChI is InChI=1S/C18H22FN3/c19-12-13-4-6-14(7-5-13)18-16-8-10-20-11-9-17(16)21-22(18)15-2-1-3-15/h4-7,15,20H,1-3,8-12H2. The largest absolute Gasteiger partial charge is 0.316 e. The van der Waals surface area contributed by atoms with Crippen molar-refractivity contribution in [3.63, 3.8) is 0 Å².